The second kappa shape index (κ2) is 3.57. The standard InChI is InChI=1S/C7H3Cl2N3S/c8-5-3-10-2-1-4(5)6-11-12-7(9)13-6/h1-3H. The molecule has 0 aliphatic heterocycles. The highest BCUT2D eigenvalue weighted by molar-refractivity contribution is 7.18. The molecule has 0 unspecified atom stereocenters. The third-order valence-electron chi connectivity index (χ3n) is 1.40. The van der Waals surface area contributed by atoms with Gasteiger partial charge >= 0.3 is 0 Å². The van der Waals surface area contributed by atoms with Crippen molar-refractivity contribution in [3.63, 3.8) is 0 Å². The van der Waals surface area contributed by atoms with Crippen molar-refractivity contribution >= 4 is 34.5 Å². The predicted molar refractivity (Wildman–Crippen MR) is 53.2 cm³/mol. The average Bonchev–Trinajstić information content (AvgIpc) is 2.53. The fourth-order valence-corrected chi connectivity index (χ4v) is 2.00. The van der Waals surface area contributed by atoms with Gasteiger partial charge in [0.2, 0.25) is 4.47 Å². The van der Waals surface area contributed by atoms with Crippen LogP contribution in [0, 0.1) is 0 Å². The van der Waals surface area contributed by atoms with E-state index in [-0.39, 0.29) is 0 Å². The lowest BCUT2D eigenvalue weighted by Gasteiger charge is -1.95. The zero-order valence-electron chi connectivity index (χ0n) is 6.24. The first-order valence-electron chi connectivity index (χ1n) is 3.36. The second-order valence-corrected chi connectivity index (χ2v) is 4.18. The molecule has 66 valence electrons. The summed E-state index contributed by atoms with van der Waals surface area (Å²) in [6, 6.07) is 1.78. The zero-order chi connectivity index (χ0) is 9.26. The van der Waals surface area contributed by atoms with Crippen LogP contribution in [0.3, 0.4) is 0 Å². The van der Waals surface area contributed by atoms with Gasteiger partial charge < -0.3 is 0 Å². The highest BCUT2D eigenvalue weighted by Gasteiger charge is 2.08. The summed E-state index contributed by atoms with van der Waals surface area (Å²) in [5, 5.41) is 8.82. The number of halogens is 2. The Kier molecular flexibility index (Phi) is 2.44. The van der Waals surface area contributed by atoms with Crippen LogP contribution in [0.5, 0.6) is 0 Å². The van der Waals surface area contributed by atoms with Crippen LogP contribution in [-0.2, 0) is 0 Å². The molecular weight excluding hydrogens is 229 g/mol. The van der Waals surface area contributed by atoms with Gasteiger partial charge in [0, 0.05) is 18.0 Å². The molecule has 0 aliphatic carbocycles. The molecule has 0 fully saturated rings. The molecule has 3 nitrogen and oxygen atoms in total. The van der Waals surface area contributed by atoms with Gasteiger partial charge in [0.25, 0.3) is 0 Å². The highest BCUT2D eigenvalue weighted by atomic mass is 35.5. The van der Waals surface area contributed by atoms with Crippen LogP contribution >= 0.6 is 34.5 Å². The fraction of sp³-hybridized carbons (Fsp3) is 0. The fourth-order valence-electron chi connectivity index (χ4n) is 0.863. The molecular formula is C7H3Cl2N3S. The smallest absolute Gasteiger partial charge is 0.207 e. The first-order valence-corrected chi connectivity index (χ1v) is 4.93. The van der Waals surface area contributed by atoms with Gasteiger partial charge in [-0.05, 0) is 17.7 Å². The molecule has 0 amide bonds. The van der Waals surface area contributed by atoms with Gasteiger partial charge in [-0.3, -0.25) is 4.98 Å². The van der Waals surface area contributed by atoms with Crippen molar-refractivity contribution in [2.24, 2.45) is 0 Å². The van der Waals surface area contributed by atoms with Gasteiger partial charge in [-0.25, -0.2) is 0 Å². The van der Waals surface area contributed by atoms with Crippen molar-refractivity contribution in [2.45, 2.75) is 0 Å². The predicted octanol–water partition coefficient (Wildman–Crippen LogP) is 2.91. The van der Waals surface area contributed by atoms with Crippen LogP contribution in [-0.4, -0.2) is 15.2 Å². The summed E-state index contributed by atoms with van der Waals surface area (Å²) in [6.45, 7) is 0. The van der Waals surface area contributed by atoms with E-state index in [9.17, 15) is 0 Å². The van der Waals surface area contributed by atoms with Gasteiger partial charge in [-0.2, -0.15) is 0 Å². The van der Waals surface area contributed by atoms with E-state index in [0.29, 0.717) is 14.5 Å². The van der Waals surface area contributed by atoms with Crippen molar-refractivity contribution in [1.82, 2.24) is 15.2 Å². The number of pyridine rings is 1. The van der Waals surface area contributed by atoms with Gasteiger partial charge in [0.05, 0.1) is 5.02 Å². The Balaban J connectivity index is 2.52. The Hall–Kier alpha value is -0.710. The summed E-state index contributed by atoms with van der Waals surface area (Å²) in [4.78, 5) is 3.87. The summed E-state index contributed by atoms with van der Waals surface area (Å²) in [5.41, 5.74) is 0.807. The van der Waals surface area contributed by atoms with Gasteiger partial charge in [-0.1, -0.05) is 22.9 Å². The Morgan fingerprint density at radius 1 is 1.23 bits per heavy atom. The van der Waals surface area contributed by atoms with E-state index in [4.69, 9.17) is 23.2 Å². The minimum Gasteiger partial charge on any atom is -0.263 e. The maximum absolute atomic E-state index is 5.90. The molecule has 0 saturated carbocycles. The van der Waals surface area contributed by atoms with E-state index in [1.54, 1.807) is 18.5 Å². The maximum Gasteiger partial charge on any atom is 0.207 e. The van der Waals surface area contributed by atoms with Crippen molar-refractivity contribution in [1.29, 1.82) is 0 Å². The van der Waals surface area contributed by atoms with E-state index in [2.05, 4.69) is 15.2 Å². The number of hydrogen-bond donors (Lipinski definition) is 0. The molecule has 6 heteroatoms. The van der Waals surface area contributed by atoms with E-state index < -0.39 is 0 Å². The van der Waals surface area contributed by atoms with Crippen molar-refractivity contribution in [3.8, 4) is 10.6 Å². The average molecular weight is 232 g/mol. The third-order valence-corrected chi connectivity index (χ3v) is 2.76. The zero-order valence-corrected chi connectivity index (χ0v) is 8.57. The summed E-state index contributed by atoms with van der Waals surface area (Å²) in [5.74, 6) is 0. The molecule has 0 saturated heterocycles. The summed E-state index contributed by atoms with van der Waals surface area (Å²) in [6.07, 6.45) is 3.21. The van der Waals surface area contributed by atoms with E-state index in [1.807, 2.05) is 0 Å². The molecule has 2 aromatic rings. The Labute approximate surface area is 88.4 Å². The molecule has 0 spiro atoms. The van der Waals surface area contributed by atoms with Crippen LogP contribution in [0.4, 0.5) is 0 Å². The van der Waals surface area contributed by atoms with Crippen LogP contribution in [0.15, 0.2) is 18.5 Å². The molecule has 0 N–H and O–H groups in total. The van der Waals surface area contributed by atoms with Gasteiger partial charge in [0.1, 0.15) is 0 Å². The Morgan fingerprint density at radius 2 is 2.08 bits per heavy atom. The van der Waals surface area contributed by atoms with E-state index in [1.165, 1.54) is 11.3 Å². The minimum absolute atomic E-state index is 0.405. The lowest BCUT2D eigenvalue weighted by molar-refractivity contribution is 1.09. The van der Waals surface area contributed by atoms with Crippen molar-refractivity contribution < 1.29 is 0 Å². The Morgan fingerprint density at radius 3 is 2.69 bits per heavy atom. The molecule has 0 aromatic carbocycles. The summed E-state index contributed by atoms with van der Waals surface area (Å²) >= 11 is 12.8. The molecule has 0 aliphatic rings. The number of hydrogen-bond acceptors (Lipinski definition) is 4. The van der Waals surface area contributed by atoms with Crippen molar-refractivity contribution in [2.75, 3.05) is 0 Å². The summed E-state index contributed by atoms with van der Waals surface area (Å²) < 4.78 is 0.405. The lowest BCUT2D eigenvalue weighted by Crippen LogP contribution is -1.79. The first-order chi connectivity index (χ1) is 6.27. The molecule has 2 heterocycles. The number of rotatable bonds is 1. The quantitative estimate of drug-likeness (QED) is 0.758. The monoisotopic (exact) mass is 231 g/mol. The normalized spacial score (nSPS) is 10.3. The minimum atomic E-state index is 0.405. The maximum atomic E-state index is 5.90. The lowest BCUT2D eigenvalue weighted by atomic mass is 10.3. The molecule has 2 aromatic heterocycles. The summed E-state index contributed by atoms with van der Waals surface area (Å²) in [7, 11) is 0. The Bertz CT molecular complexity index is 429. The largest absolute Gasteiger partial charge is 0.263 e. The van der Waals surface area contributed by atoms with Crippen LogP contribution < -0.4 is 0 Å². The first kappa shape index (κ1) is 8.87. The molecule has 0 atom stereocenters. The van der Waals surface area contributed by atoms with Crippen molar-refractivity contribution in [3.05, 3.63) is 27.9 Å². The van der Waals surface area contributed by atoms with Gasteiger partial charge in [-0.15, -0.1) is 10.2 Å². The number of aromatic nitrogens is 3. The van der Waals surface area contributed by atoms with Gasteiger partial charge in [0.15, 0.2) is 5.01 Å². The highest BCUT2D eigenvalue weighted by Crippen LogP contribution is 2.30. The number of nitrogens with zero attached hydrogens (tertiary/aromatic N) is 3. The van der Waals surface area contributed by atoms with Crippen LogP contribution in [0.25, 0.3) is 10.6 Å². The SMILES string of the molecule is Clc1nnc(-c2ccncc2Cl)s1. The van der Waals surface area contributed by atoms with Crippen LogP contribution in [0.2, 0.25) is 9.49 Å². The van der Waals surface area contributed by atoms with E-state index in [0.717, 1.165) is 5.56 Å². The topological polar surface area (TPSA) is 38.7 Å². The van der Waals surface area contributed by atoms with E-state index >= 15 is 0 Å². The van der Waals surface area contributed by atoms with Crippen LogP contribution in [0.1, 0.15) is 0 Å². The second-order valence-electron chi connectivity index (χ2n) is 2.22. The molecule has 13 heavy (non-hydrogen) atoms. The molecule has 0 bridgehead atoms. The molecule has 0 radical (unpaired) electrons. The molecule has 2 rings (SSSR count). The third kappa shape index (κ3) is 1.80.